The van der Waals surface area contributed by atoms with Crippen molar-refractivity contribution in [3.8, 4) is 0 Å². The van der Waals surface area contributed by atoms with Crippen molar-refractivity contribution in [2.75, 3.05) is 26.7 Å². The van der Waals surface area contributed by atoms with Crippen LogP contribution in [-0.4, -0.2) is 43.0 Å². The average Bonchev–Trinajstić information content (AvgIpc) is 2.29. The highest BCUT2D eigenvalue weighted by Gasteiger charge is 2.32. The molecule has 4 nitrogen and oxygen atoms in total. The molecule has 1 fully saturated rings. The summed E-state index contributed by atoms with van der Waals surface area (Å²) in [6.45, 7) is 7.02. The SMILES string of the molecule is CCC1CCCN(CC(C)(NC)C(N)=O)C1. The van der Waals surface area contributed by atoms with Crippen molar-refractivity contribution in [1.29, 1.82) is 0 Å². The van der Waals surface area contributed by atoms with E-state index in [4.69, 9.17) is 5.73 Å². The van der Waals surface area contributed by atoms with Crippen molar-refractivity contribution in [1.82, 2.24) is 10.2 Å². The summed E-state index contributed by atoms with van der Waals surface area (Å²) in [6, 6.07) is 0. The molecule has 1 rings (SSSR count). The van der Waals surface area contributed by atoms with Crippen molar-refractivity contribution in [3.63, 3.8) is 0 Å². The smallest absolute Gasteiger partial charge is 0.238 e. The Morgan fingerprint density at radius 2 is 2.31 bits per heavy atom. The van der Waals surface area contributed by atoms with E-state index in [2.05, 4.69) is 17.1 Å². The first-order chi connectivity index (χ1) is 7.51. The number of likely N-dealkylation sites (N-methyl/N-ethyl adjacent to an activating group) is 1. The fourth-order valence-electron chi connectivity index (χ4n) is 2.36. The van der Waals surface area contributed by atoms with E-state index in [0.29, 0.717) is 0 Å². The van der Waals surface area contributed by atoms with Crippen LogP contribution in [-0.2, 0) is 4.79 Å². The molecule has 2 unspecified atom stereocenters. The number of hydrogen-bond acceptors (Lipinski definition) is 3. The van der Waals surface area contributed by atoms with Crippen molar-refractivity contribution >= 4 is 5.91 Å². The van der Waals surface area contributed by atoms with Crippen LogP contribution in [0.3, 0.4) is 0 Å². The van der Waals surface area contributed by atoms with E-state index in [9.17, 15) is 4.79 Å². The number of carbonyl (C=O) groups excluding carboxylic acids is 1. The van der Waals surface area contributed by atoms with Gasteiger partial charge >= 0.3 is 0 Å². The van der Waals surface area contributed by atoms with Crippen LogP contribution in [0.1, 0.15) is 33.1 Å². The number of rotatable bonds is 5. The first kappa shape index (κ1) is 13.5. The van der Waals surface area contributed by atoms with E-state index >= 15 is 0 Å². The van der Waals surface area contributed by atoms with Gasteiger partial charge in [0.2, 0.25) is 5.91 Å². The molecule has 0 saturated carbocycles. The molecule has 0 aliphatic carbocycles. The van der Waals surface area contributed by atoms with Gasteiger partial charge in [-0.15, -0.1) is 0 Å². The largest absolute Gasteiger partial charge is 0.368 e. The summed E-state index contributed by atoms with van der Waals surface area (Å²) in [4.78, 5) is 13.8. The van der Waals surface area contributed by atoms with Crippen LogP contribution in [0.5, 0.6) is 0 Å². The second kappa shape index (κ2) is 5.64. The molecule has 1 amide bonds. The fourth-order valence-corrected chi connectivity index (χ4v) is 2.36. The number of piperidine rings is 1. The van der Waals surface area contributed by atoms with Crippen LogP contribution >= 0.6 is 0 Å². The molecular formula is C12H25N3O. The highest BCUT2D eigenvalue weighted by molar-refractivity contribution is 5.84. The van der Waals surface area contributed by atoms with E-state index in [1.54, 1.807) is 7.05 Å². The van der Waals surface area contributed by atoms with Gasteiger partial charge in [-0.25, -0.2) is 0 Å². The third kappa shape index (κ3) is 3.19. The standard InChI is InChI=1S/C12H25N3O/c1-4-10-6-5-7-15(8-10)9-12(2,14-3)11(13)16/h10,14H,4-9H2,1-3H3,(H2,13,16). The summed E-state index contributed by atoms with van der Waals surface area (Å²) in [5.74, 6) is 0.511. The van der Waals surface area contributed by atoms with Gasteiger partial charge in [-0.1, -0.05) is 13.3 Å². The Balaban J connectivity index is 2.55. The van der Waals surface area contributed by atoms with Crippen LogP contribution in [0.15, 0.2) is 0 Å². The molecule has 0 bridgehead atoms. The lowest BCUT2D eigenvalue weighted by Crippen LogP contribution is -2.59. The van der Waals surface area contributed by atoms with Gasteiger partial charge in [-0.2, -0.15) is 0 Å². The predicted molar refractivity (Wildman–Crippen MR) is 66.1 cm³/mol. The molecule has 2 atom stereocenters. The van der Waals surface area contributed by atoms with Gasteiger partial charge in [0.25, 0.3) is 0 Å². The van der Waals surface area contributed by atoms with Crippen LogP contribution in [0.25, 0.3) is 0 Å². The van der Waals surface area contributed by atoms with Gasteiger partial charge in [0.1, 0.15) is 5.54 Å². The Bertz CT molecular complexity index is 244. The van der Waals surface area contributed by atoms with E-state index in [0.717, 1.165) is 25.6 Å². The van der Waals surface area contributed by atoms with E-state index in [1.165, 1.54) is 19.3 Å². The zero-order chi connectivity index (χ0) is 12.2. The summed E-state index contributed by atoms with van der Waals surface area (Å²) in [6.07, 6.45) is 3.78. The van der Waals surface area contributed by atoms with E-state index in [1.807, 2.05) is 6.92 Å². The molecule has 1 saturated heterocycles. The molecule has 16 heavy (non-hydrogen) atoms. The monoisotopic (exact) mass is 227 g/mol. The number of nitrogens with two attached hydrogens (primary N) is 1. The van der Waals surface area contributed by atoms with E-state index in [-0.39, 0.29) is 5.91 Å². The maximum atomic E-state index is 11.4. The normalized spacial score (nSPS) is 26.3. The molecule has 1 heterocycles. The van der Waals surface area contributed by atoms with Gasteiger partial charge in [0.15, 0.2) is 0 Å². The van der Waals surface area contributed by atoms with Gasteiger partial charge in [0, 0.05) is 13.1 Å². The van der Waals surface area contributed by atoms with Crippen LogP contribution in [0.4, 0.5) is 0 Å². The second-order valence-electron chi connectivity index (χ2n) is 5.10. The summed E-state index contributed by atoms with van der Waals surface area (Å²) < 4.78 is 0. The Morgan fingerprint density at radius 1 is 1.62 bits per heavy atom. The van der Waals surface area contributed by atoms with Gasteiger partial charge in [0.05, 0.1) is 0 Å². The van der Waals surface area contributed by atoms with Gasteiger partial charge in [-0.05, 0) is 39.3 Å². The highest BCUT2D eigenvalue weighted by atomic mass is 16.1. The Kier molecular flexibility index (Phi) is 4.74. The van der Waals surface area contributed by atoms with Gasteiger partial charge < -0.3 is 16.0 Å². The minimum absolute atomic E-state index is 0.270. The first-order valence-electron chi connectivity index (χ1n) is 6.23. The molecular weight excluding hydrogens is 202 g/mol. The van der Waals surface area contributed by atoms with Crippen LogP contribution in [0, 0.1) is 5.92 Å². The molecule has 0 spiro atoms. The number of carbonyl (C=O) groups is 1. The Morgan fingerprint density at radius 3 is 2.81 bits per heavy atom. The second-order valence-corrected chi connectivity index (χ2v) is 5.10. The van der Waals surface area contributed by atoms with Crippen LogP contribution < -0.4 is 11.1 Å². The molecule has 0 aromatic carbocycles. The molecule has 1 aliphatic rings. The predicted octanol–water partition coefficient (Wildman–Crippen LogP) is 0.572. The molecule has 1 aliphatic heterocycles. The topological polar surface area (TPSA) is 58.4 Å². The first-order valence-corrected chi connectivity index (χ1v) is 6.23. The average molecular weight is 227 g/mol. The van der Waals surface area contributed by atoms with Gasteiger partial charge in [-0.3, -0.25) is 4.79 Å². The van der Waals surface area contributed by atoms with Crippen molar-refractivity contribution in [2.45, 2.75) is 38.6 Å². The van der Waals surface area contributed by atoms with Crippen LogP contribution in [0.2, 0.25) is 0 Å². The number of likely N-dealkylation sites (tertiary alicyclic amines) is 1. The zero-order valence-electron chi connectivity index (χ0n) is 10.8. The molecule has 0 aromatic heterocycles. The molecule has 3 N–H and O–H groups in total. The lowest BCUT2D eigenvalue weighted by atomic mass is 9.93. The minimum Gasteiger partial charge on any atom is -0.368 e. The minimum atomic E-state index is -0.602. The van der Waals surface area contributed by atoms with Crippen molar-refractivity contribution in [2.24, 2.45) is 11.7 Å². The molecule has 94 valence electrons. The quantitative estimate of drug-likeness (QED) is 0.722. The number of nitrogens with one attached hydrogen (secondary N) is 1. The third-order valence-electron chi connectivity index (χ3n) is 3.82. The number of amides is 1. The van der Waals surface area contributed by atoms with E-state index < -0.39 is 5.54 Å². The maximum absolute atomic E-state index is 11.4. The summed E-state index contributed by atoms with van der Waals surface area (Å²) in [7, 11) is 1.80. The lowest BCUT2D eigenvalue weighted by molar-refractivity contribution is -0.124. The Hall–Kier alpha value is -0.610. The maximum Gasteiger partial charge on any atom is 0.238 e. The summed E-state index contributed by atoms with van der Waals surface area (Å²) >= 11 is 0. The number of primary amides is 1. The summed E-state index contributed by atoms with van der Waals surface area (Å²) in [5.41, 5.74) is 4.84. The molecule has 0 radical (unpaired) electrons. The molecule has 4 heteroatoms. The van der Waals surface area contributed by atoms with Crippen molar-refractivity contribution < 1.29 is 4.79 Å². The highest BCUT2D eigenvalue weighted by Crippen LogP contribution is 2.20. The third-order valence-corrected chi connectivity index (χ3v) is 3.82. The van der Waals surface area contributed by atoms with Crippen molar-refractivity contribution in [3.05, 3.63) is 0 Å². The number of nitrogens with zero attached hydrogens (tertiary/aromatic N) is 1. The fraction of sp³-hybridized carbons (Fsp3) is 0.917. The Labute approximate surface area is 98.6 Å². The molecule has 0 aromatic rings. The zero-order valence-corrected chi connectivity index (χ0v) is 10.8. The summed E-state index contributed by atoms with van der Waals surface area (Å²) in [5, 5.41) is 3.04. The number of hydrogen-bond donors (Lipinski definition) is 2. The lowest BCUT2D eigenvalue weighted by Gasteiger charge is -2.37.